The first kappa shape index (κ1) is 8.22. The zero-order valence-electron chi connectivity index (χ0n) is 6.02. The molecule has 50 valence electrons. The average Bonchev–Trinajstić information content (AvgIpc) is 1.85. The van der Waals surface area contributed by atoms with Crippen LogP contribution in [-0.4, -0.2) is 6.54 Å². The Bertz CT molecular complexity index is 148. The van der Waals surface area contributed by atoms with Gasteiger partial charge in [-0.2, -0.15) is 0 Å². The Labute approximate surface area is 56.6 Å². The molecule has 0 rings (SSSR count). The largest absolute Gasteiger partial charge is 0.327 e. The SMILES string of the molecule is CC=C=C(C)/C=C\CN. The molecular formula is C8H13N. The first-order valence-electron chi connectivity index (χ1n) is 3.05. The summed E-state index contributed by atoms with van der Waals surface area (Å²) in [4.78, 5) is 0. The third-order valence-electron chi connectivity index (χ3n) is 0.876. The first-order valence-corrected chi connectivity index (χ1v) is 3.05. The Morgan fingerprint density at radius 2 is 2.33 bits per heavy atom. The van der Waals surface area contributed by atoms with E-state index in [1.165, 1.54) is 0 Å². The summed E-state index contributed by atoms with van der Waals surface area (Å²) in [6.07, 6.45) is 5.75. The monoisotopic (exact) mass is 123 g/mol. The summed E-state index contributed by atoms with van der Waals surface area (Å²) >= 11 is 0. The lowest BCUT2D eigenvalue weighted by atomic mass is 10.3. The zero-order valence-corrected chi connectivity index (χ0v) is 6.02. The summed E-state index contributed by atoms with van der Waals surface area (Å²) in [5, 5.41) is 0. The van der Waals surface area contributed by atoms with E-state index in [1.807, 2.05) is 32.1 Å². The van der Waals surface area contributed by atoms with Crippen LogP contribution in [0.2, 0.25) is 0 Å². The van der Waals surface area contributed by atoms with Crippen molar-refractivity contribution in [3.8, 4) is 0 Å². The number of rotatable bonds is 2. The van der Waals surface area contributed by atoms with Crippen LogP contribution in [0.3, 0.4) is 0 Å². The highest BCUT2D eigenvalue weighted by Crippen LogP contribution is 1.89. The molecule has 0 aliphatic heterocycles. The van der Waals surface area contributed by atoms with Gasteiger partial charge in [-0.25, -0.2) is 0 Å². The van der Waals surface area contributed by atoms with Gasteiger partial charge in [-0.05, 0) is 25.5 Å². The molecule has 0 spiro atoms. The highest BCUT2D eigenvalue weighted by molar-refractivity contribution is 5.14. The molecule has 0 heterocycles. The molecule has 0 aromatic heterocycles. The van der Waals surface area contributed by atoms with E-state index in [1.54, 1.807) is 0 Å². The van der Waals surface area contributed by atoms with Crippen molar-refractivity contribution in [1.29, 1.82) is 0 Å². The smallest absolute Gasteiger partial charge is 0.0110 e. The molecule has 0 saturated carbocycles. The molecule has 0 amide bonds. The normalized spacial score (nSPS) is 9.22. The van der Waals surface area contributed by atoms with E-state index < -0.39 is 0 Å². The van der Waals surface area contributed by atoms with Gasteiger partial charge in [-0.3, -0.25) is 0 Å². The molecular weight excluding hydrogens is 110 g/mol. The molecule has 1 nitrogen and oxygen atoms in total. The van der Waals surface area contributed by atoms with Crippen LogP contribution in [0.25, 0.3) is 0 Å². The quantitative estimate of drug-likeness (QED) is 0.438. The van der Waals surface area contributed by atoms with Crippen LogP contribution in [0.4, 0.5) is 0 Å². The fraction of sp³-hybridized carbons (Fsp3) is 0.375. The summed E-state index contributed by atoms with van der Waals surface area (Å²) in [6.45, 7) is 4.54. The van der Waals surface area contributed by atoms with E-state index in [0.717, 1.165) is 5.57 Å². The van der Waals surface area contributed by atoms with Crippen LogP contribution in [0, 0.1) is 0 Å². The van der Waals surface area contributed by atoms with Crippen molar-refractivity contribution in [1.82, 2.24) is 0 Å². The van der Waals surface area contributed by atoms with E-state index in [2.05, 4.69) is 5.73 Å². The van der Waals surface area contributed by atoms with Gasteiger partial charge < -0.3 is 5.73 Å². The molecule has 0 aliphatic rings. The highest BCUT2D eigenvalue weighted by Gasteiger charge is 1.72. The fourth-order valence-electron chi connectivity index (χ4n) is 0.521. The van der Waals surface area contributed by atoms with Gasteiger partial charge in [0.1, 0.15) is 0 Å². The molecule has 0 aromatic carbocycles. The zero-order chi connectivity index (χ0) is 7.11. The molecule has 0 fully saturated rings. The standard InChI is InChI=1S/C8H13N/c1-3-5-8(2)6-4-7-9/h3-4,6H,7,9H2,1-2H3/b6-4-. The van der Waals surface area contributed by atoms with Crippen LogP contribution in [0.15, 0.2) is 29.5 Å². The molecule has 9 heavy (non-hydrogen) atoms. The molecule has 0 unspecified atom stereocenters. The fourth-order valence-corrected chi connectivity index (χ4v) is 0.521. The van der Waals surface area contributed by atoms with E-state index in [9.17, 15) is 0 Å². The van der Waals surface area contributed by atoms with Crippen LogP contribution in [-0.2, 0) is 0 Å². The lowest BCUT2D eigenvalue weighted by Gasteiger charge is -1.81. The van der Waals surface area contributed by atoms with Gasteiger partial charge in [0, 0.05) is 6.54 Å². The summed E-state index contributed by atoms with van der Waals surface area (Å²) in [7, 11) is 0. The van der Waals surface area contributed by atoms with Crippen molar-refractivity contribution in [3.63, 3.8) is 0 Å². The topological polar surface area (TPSA) is 26.0 Å². The van der Waals surface area contributed by atoms with Crippen LogP contribution < -0.4 is 5.73 Å². The summed E-state index contributed by atoms with van der Waals surface area (Å²) in [5.74, 6) is 0. The van der Waals surface area contributed by atoms with Crippen molar-refractivity contribution in [2.75, 3.05) is 6.54 Å². The Morgan fingerprint density at radius 3 is 2.78 bits per heavy atom. The van der Waals surface area contributed by atoms with E-state index >= 15 is 0 Å². The van der Waals surface area contributed by atoms with Gasteiger partial charge in [0.2, 0.25) is 0 Å². The van der Waals surface area contributed by atoms with Gasteiger partial charge in [0.15, 0.2) is 0 Å². The minimum absolute atomic E-state index is 0.600. The molecule has 0 aliphatic carbocycles. The maximum atomic E-state index is 5.23. The van der Waals surface area contributed by atoms with Crippen molar-refractivity contribution in [3.05, 3.63) is 29.5 Å². The van der Waals surface area contributed by atoms with Gasteiger partial charge in [0.05, 0.1) is 0 Å². The van der Waals surface area contributed by atoms with Gasteiger partial charge in [-0.15, -0.1) is 5.73 Å². The summed E-state index contributed by atoms with van der Waals surface area (Å²) in [6, 6.07) is 0. The maximum absolute atomic E-state index is 5.23. The van der Waals surface area contributed by atoms with E-state index in [0.29, 0.717) is 6.54 Å². The second-order valence-electron chi connectivity index (χ2n) is 1.75. The first-order chi connectivity index (χ1) is 4.31. The Balaban J connectivity index is 3.91. The molecule has 0 saturated heterocycles. The van der Waals surface area contributed by atoms with Crippen molar-refractivity contribution < 1.29 is 0 Å². The van der Waals surface area contributed by atoms with Gasteiger partial charge in [-0.1, -0.05) is 12.2 Å². The predicted octanol–water partition coefficient (Wildman–Crippen LogP) is 1.62. The molecule has 0 atom stereocenters. The van der Waals surface area contributed by atoms with Crippen LogP contribution >= 0.6 is 0 Å². The minimum Gasteiger partial charge on any atom is -0.327 e. The van der Waals surface area contributed by atoms with Crippen LogP contribution in [0.5, 0.6) is 0 Å². The lowest BCUT2D eigenvalue weighted by Crippen LogP contribution is -1.91. The third-order valence-corrected chi connectivity index (χ3v) is 0.876. The number of allylic oxidation sites excluding steroid dienone is 2. The van der Waals surface area contributed by atoms with Crippen LogP contribution in [0.1, 0.15) is 13.8 Å². The van der Waals surface area contributed by atoms with Crippen molar-refractivity contribution >= 4 is 0 Å². The molecule has 2 N–H and O–H groups in total. The predicted molar refractivity (Wildman–Crippen MR) is 41.1 cm³/mol. The van der Waals surface area contributed by atoms with Gasteiger partial charge >= 0.3 is 0 Å². The number of nitrogens with two attached hydrogens (primary N) is 1. The Hall–Kier alpha value is -0.780. The average molecular weight is 123 g/mol. The van der Waals surface area contributed by atoms with E-state index in [-0.39, 0.29) is 0 Å². The molecule has 1 heteroatoms. The van der Waals surface area contributed by atoms with Crippen molar-refractivity contribution in [2.45, 2.75) is 13.8 Å². The van der Waals surface area contributed by atoms with E-state index in [4.69, 9.17) is 5.73 Å². The molecule has 0 aromatic rings. The number of hydrogen-bond donors (Lipinski definition) is 1. The van der Waals surface area contributed by atoms with Gasteiger partial charge in [0.25, 0.3) is 0 Å². The molecule has 0 bridgehead atoms. The Kier molecular flexibility index (Phi) is 4.89. The highest BCUT2D eigenvalue weighted by atomic mass is 14.5. The second-order valence-corrected chi connectivity index (χ2v) is 1.75. The summed E-state index contributed by atoms with van der Waals surface area (Å²) < 4.78 is 0. The lowest BCUT2D eigenvalue weighted by molar-refractivity contribution is 1.25. The maximum Gasteiger partial charge on any atom is 0.0110 e. The minimum atomic E-state index is 0.600. The van der Waals surface area contributed by atoms with Crippen molar-refractivity contribution in [2.24, 2.45) is 5.73 Å². The number of hydrogen-bond acceptors (Lipinski definition) is 1. The second kappa shape index (κ2) is 5.36. The third kappa shape index (κ3) is 5.09. The summed E-state index contributed by atoms with van der Waals surface area (Å²) in [5.41, 5.74) is 9.38. The molecule has 0 radical (unpaired) electrons. The Morgan fingerprint density at radius 1 is 1.67 bits per heavy atom.